The second kappa shape index (κ2) is 7.72. The van der Waals surface area contributed by atoms with E-state index in [-0.39, 0.29) is 6.29 Å². The second-order valence-electron chi connectivity index (χ2n) is 3.96. The van der Waals surface area contributed by atoms with Crippen molar-refractivity contribution < 1.29 is 9.47 Å². The molecule has 0 saturated carbocycles. The standard InChI is InChI=1S/C12H15BrN4O2S/c1-18-11(19-2)7-17-12(14-15-16-17)20-8-9-4-3-5-10(13)6-9/h3-6,11H,7-8H2,1-2H3. The van der Waals surface area contributed by atoms with Gasteiger partial charge in [-0.2, -0.15) is 0 Å². The molecule has 1 aromatic heterocycles. The number of hydrogen-bond acceptors (Lipinski definition) is 6. The van der Waals surface area contributed by atoms with Crippen LogP contribution in [0.25, 0.3) is 0 Å². The highest BCUT2D eigenvalue weighted by molar-refractivity contribution is 9.10. The lowest BCUT2D eigenvalue weighted by atomic mass is 10.2. The van der Waals surface area contributed by atoms with Crippen LogP contribution in [0.3, 0.4) is 0 Å². The Morgan fingerprint density at radius 1 is 1.35 bits per heavy atom. The lowest BCUT2D eigenvalue weighted by Crippen LogP contribution is -2.21. The molecule has 2 rings (SSSR count). The van der Waals surface area contributed by atoms with Crippen molar-refractivity contribution in [3.63, 3.8) is 0 Å². The highest BCUT2D eigenvalue weighted by Crippen LogP contribution is 2.22. The van der Waals surface area contributed by atoms with Crippen molar-refractivity contribution >= 4 is 27.7 Å². The molecule has 0 spiro atoms. The van der Waals surface area contributed by atoms with Gasteiger partial charge in [0.15, 0.2) is 6.29 Å². The topological polar surface area (TPSA) is 62.1 Å². The number of aromatic nitrogens is 4. The molecule has 0 aliphatic heterocycles. The van der Waals surface area contributed by atoms with Gasteiger partial charge in [-0.15, -0.1) is 5.10 Å². The predicted molar refractivity (Wildman–Crippen MR) is 79.3 cm³/mol. The van der Waals surface area contributed by atoms with Crippen LogP contribution in [0.2, 0.25) is 0 Å². The van der Waals surface area contributed by atoms with E-state index in [9.17, 15) is 0 Å². The fraction of sp³-hybridized carbons (Fsp3) is 0.417. The van der Waals surface area contributed by atoms with Crippen LogP contribution in [0.5, 0.6) is 0 Å². The van der Waals surface area contributed by atoms with Gasteiger partial charge in [0.2, 0.25) is 5.16 Å². The van der Waals surface area contributed by atoms with Crippen molar-refractivity contribution in [2.45, 2.75) is 23.7 Å². The Balaban J connectivity index is 1.98. The number of nitrogens with zero attached hydrogens (tertiary/aromatic N) is 4. The van der Waals surface area contributed by atoms with Gasteiger partial charge in [-0.25, -0.2) is 4.68 Å². The van der Waals surface area contributed by atoms with E-state index in [1.54, 1.807) is 30.7 Å². The summed E-state index contributed by atoms with van der Waals surface area (Å²) in [6.07, 6.45) is -0.358. The van der Waals surface area contributed by atoms with Gasteiger partial charge in [-0.3, -0.25) is 0 Å². The van der Waals surface area contributed by atoms with Gasteiger partial charge in [-0.1, -0.05) is 39.8 Å². The van der Waals surface area contributed by atoms with E-state index in [4.69, 9.17) is 9.47 Å². The zero-order chi connectivity index (χ0) is 14.4. The molecule has 0 amide bonds. The molecule has 20 heavy (non-hydrogen) atoms. The molecule has 0 aliphatic rings. The van der Waals surface area contributed by atoms with Crippen molar-refractivity contribution in [3.05, 3.63) is 34.3 Å². The summed E-state index contributed by atoms with van der Waals surface area (Å²) >= 11 is 5.03. The van der Waals surface area contributed by atoms with E-state index in [2.05, 4.69) is 43.6 Å². The Morgan fingerprint density at radius 3 is 2.85 bits per heavy atom. The van der Waals surface area contributed by atoms with Crippen LogP contribution in [0.4, 0.5) is 0 Å². The Kier molecular flexibility index (Phi) is 5.96. The molecule has 1 aromatic carbocycles. The van der Waals surface area contributed by atoms with Crippen molar-refractivity contribution in [1.82, 2.24) is 20.2 Å². The van der Waals surface area contributed by atoms with E-state index in [1.165, 1.54) is 5.56 Å². The molecule has 0 aliphatic carbocycles. The maximum Gasteiger partial charge on any atom is 0.209 e. The molecule has 0 bridgehead atoms. The quantitative estimate of drug-likeness (QED) is 0.559. The minimum atomic E-state index is -0.358. The minimum Gasteiger partial charge on any atom is -0.354 e. The zero-order valence-corrected chi connectivity index (χ0v) is 13.6. The number of thioether (sulfide) groups is 1. The third kappa shape index (κ3) is 4.27. The molecule has 0 atom stereocenters. The van der Waals surface area contributed by atoms with Crippen LogP contribution in [0.1, 0.15) is 5.56 Å². The lowest BCUT2D eigenvalue weighted by Gasteiger charge is -2.13. The Morgan fingerprint density at radius 2 is 2.15 bits per heavy atom. The van der Waals surface area contributed by atoms with Crippen LogP contribution in [0, 0.1) is 0 Å². The predicted octanol–water partition coefficient (Wildman–Crippen LogP) is 2.35. The van der Waals surface area contributed by atoms with Gasteiger partial charge in [-0.05, 0) is 28.1 Å². The largest absolute Gasteiger partial charge is 0.354 e. The Bertz CT molecular complexity index is 548. The Hall–Kier alpha value is -0.960. The smallest absolute Gasteiger partial charge is 0.209 e. The van der Waals surface area contributed by atoms with Crippen LogP contribution in [-0.4, -0.2) is 40.7 Å². The molecule has 0 fully saturated rings. The fourth-order valence-electron chi connectivity index (χ4n) is 1.58. The molecule has 8 heteroatoms. The summed E-state index contributed by atoms with van der Waals surface area (Å²) in [4.78, 5) is 0. The average molecular weight is 359 g/mol. The lowest BCUT2D eigenvalue weighted by molar-refractivity contribution is -0.113. The number of methoxy groups -OCH3 is 2. The van der Waals surface area contributed by atoms with Gasteiger partial charge in [0.1, 0.15) is 0 Å². The zero-order valence-electron chi connectivity index (χ0n) is 11.2. The molecule has 2 aromatic rings. The van der Waals surface area contributed by atoms with Crippen LogP contribution in [0.15, 0.2) is 33.9 Å². The summed E-state index contributed by atoms with van der Waals surface area (Å²) < 4.78 is 13.0. The molecule has 0 unspecified atom stereocenters. The average Bonchev–Trinajstić information content (AvgIpc) is 2.90. The number of benzene rings is 1. The maximum atomic E-state index is 5.15. The molecular formula is C12H15BrN4O2S. The fourth-order valence-corrected chi connectivity index (χ4v) is 2.85. The molecular weight excluding hydrogens is 344 g/mol. The van der Waals surface area contributed by atoms with Crippen molar-refractivity contribution in [2.24, 2.45) is 0 Å². The van der Waals surface area contributed by atoms with Crippen molar-refractivity contribution in [1.29, 1.82) is 0 Å². The number of rotatable bonds is 7. The second-order valence-corrected chi connectivity index (χ2v) is 5.82. The first kappa shape index (κ1) is 15.4. The molecule has 0 saturated heterocycles. The molecule has 6 nitrogen and oxygen atoms in total. The van der Waals surface area contributed by atoms with Gasteiger partial charge in [0.25, 0.3) is 0 Å². The number of ether oxygens (including phenoxy) is 2. The SMILES string of the molecule is COC(Cn1nnnc1SCc1cccc(Br)c1)OC. The summed E-state index contributed by atoms with van der Waals surface area (Å²) in [6, 6.07) is 8.15. The maximum absolute atomic E-state index is 5.15. The first-order valence-corrected chi connectivity index (χ1v) is 7.69. The third-order valence-electron chi connectivity index (χ3n) is 2.60. The molecule has 1 heterocycles. The molecule has 0 N–H and O–H groups in total. The van der Waals surface area contributed by atoms with E-state index in [1.807, 2.05) is 12.1 Å². The van der Waals surface area contributed by atoms with E-state index in [0.29, 0.717) is 6.54 Å². The minimum absolute atomic E-state index is 0.358. The van der Waals surface area contributed by atoms with Crippen LogP contribution in [-0.2, 0) is 21.8 Å². The monoisotopic (exact) mass is 358 g/mol. The first-order chi connectivity index (χ1) is 9.72. The van der Waals surface area contributed by atoms with Crippen LogP contribution < -0.4 is 0 Å². The van der Waals surface area contributed by atoms with Gasteiger partial charge in [0, 0.05) is 24.4 Å². The summed E-state index contributed by atoms with van der Waals surface area (Å²) in [5, 5.41) is 12.4. The molecule has 0 radical (unpaired) electrons. The van der Waals surface area contributed by atoms with E-state index >= 15 is 0 Å². The number of halogens is 1. The van der Waals surface area contributed by atoms with Gasteiger partial charge < -0.3 is 9.47 Å². The van der Waals surface area contributed by atoms with Crippen LogP contribution >= 0.6 is 27.7 Å². The summed E-state index contributed by atoms with van der Waals surface area (Å²) in [5.41, 5.74) is 1.20. The number of hydrogen-bond donors (Lipinski definition) is 0. The highest BCUT2D eigenvalue weighted by atomic mass is 79.9. The first-order valence-electron chi connectivity index (χ1n) is 5.92. The van der Waals surface area contributed by atoms with E-state index < -0.39 is 0 Å². The highest BCUT2D eigenvalue weighted by Gasteiger charge is 2.13. The van der Waals surface area contributed by atoms with Crippen molar-refractivity contribution in [2.75, 3.05) is 14.2 Å². The normalized spacial score (nSPS) is 11.2. The van der Waals surface area contributed by atoms with Gasteiger partial charge in [0.05, 0.1) is 6.54 Å². The summed E-state index contributed by atoms with van der Waals surface area (Å²) in [7, 11) is 3.18. The van der Waals surface area contributed by atoms with Gasteiger partial charge >= 0.3 is 0 Å². The Labute approximate surface area is 130 Å². The number of tetrazole rings is 1. The van der Waals surface area contributed by atoms with Crippen molar-refractivity contribution in [3.8, 4) is 0 Å². The molecule has 108 valence electrons. The third-order valence-corrected chi connectivity index (χ3v) is 4.13. The summed E-state index contributed by atoms with van der Waals surface area (Å²) in [6.45, 7) is 0.459. The summed E-state index contributed by atoms with van der Waals surface area (Å²) in [5.74, 6) is 0.796. The van der Waals surface area contributed by atoms with E-state index in [0.717, 1.165) is 15.4 Å².